The van der Waals surface area contributed by atoms with Crippen LogP contribution in [0.4, 0.5) is 5.69 Å². The highest BCUT2D eigenvalue weighted by molar-refractivity contribution is 5.76. The Bertz CT molecular complexity index is 828. The van der Waals surface area contributed by atoms with Crippen molar-refractivity contribution in [3.8, 4) is 11.1 Å². The van der Waals surface area contributed by atoms with Crippen LogP contribution in [0.5, 0.6) is 0 Å². The van der Waals surface area contributed by atoms with E-state index in [2.05, 4.69) is 4.98 Å². The molecule has 0 atom stereocenters. The van der Waals surface area contributed by atoms with Crippen molar-refractivity contribution in [2.24, 2.45) is 5.73 Å². The maximum Gasteiger partial charge on any atom is 0.277 e. The lowest BCUT2D eigenvalue weighted by Gasteiger charge is -2.10. The van der Waals surface area contributed by atoms with E-state index in [1.807, 2.05) is 41.1 Å². The minimum atomic E-state index is -0.347. The van der Waals surface area contributed by atoms with Crippen LogP contribution in [0, 0.1) is 10.1 Å². The van der Waals surface area contributed by atoms with Crippen LogP contribution >= 0.6 is 0 Å². The molecule has 0 fully saturated rings. The van der Waals surface area contributed by atoms with Crippen molar-refractivity contribution >= 4 is 5.69 Å². The molecule has 2 aromatic carbocycles. The lowest BCUT2D eigenvalue weighted by molar-refractivity contribution is -0.384. The molecule has 0 saturated carbocycles. The van der Waals surface area contributed by atoms with Crippen LogP contribution in [0.3, 0.4) is 0 Å². The molecule has 1 aromatic heterocycles. The van der Waals surface area contributed by atoms with E-state index >= 15 is 0 Å². The number of nitrogens with zero attached hydrogens (tertiary/aromatic N) is 3. The fourth-order valence-corrected chi connectivity index (χ4v) is 2.61. The van der Waals surface area contributed by atoms with E-state index in [1.165, 1.54) is 0 Å². The Hall–Kier alpha value is -2.99. The SMILES string of the molecule is NCc1ccccc1-c1ccc(Cn2ccnc2)cc1[N+](=O)[O-]. The van der Waals surface area contributed by atoms with Gasteiger partial charge in [-0.05, 0) is 22.8 Å². The number of benzene rings is 2. The molecule has 1 heterocycles. The molecule has 6 nitrogen and oxygen atoms in total. The first-order valence-corrected chi connectivity index (χ1v) is 7.20. The zero-order chi connectivity index (χ0) is 16.2. The van der Waals surface area contributed by atoms with Gasteiger partial charge in [0.25, 0.3) is 5.69 Å². The molecule has 0 aliphatic carbocycles. The number of nitro benzene ring substituents is 1. The third-order valence-corrected chi connectivity index (χ3v) is 3.71. The average molecular weight is 308 g/mol. The molecule has 6 heteroatoms. The van der Waals surface area contributed by atoms with Gasteiger partial charge in [-0.2, -0.15) is 0 Å². The second kappa shape index (κ2) is 6.41. The van der Waals surface area contributed by atoms with Crippen LogP contribution in [0.1, 0.15) is 11.1 Å². The highest BCUT2D eigenvalue weighted by Gasteiger charge is 2.18. The molecule has 0 aliphatic rings. The lowest BCUT2D eigenvalue weighted by Crippen LogP contribution is -2.02. The molecule has 0 saturated heterocycles. The molecule has 3 aromatic rings. The molecular weight excluding hydrogens is 292 g/mol. The number of hydrogen-bond donors (Lipinski definition) is 1. The molecule has 2 N–H and O–H groups in total. The number of imidazole rings is 1. The van der Waals surface area contributed by atoms with Crippen LogP contribution in [-0.2, 0) is 13.1 Å². The maximum absolute atomic E-state index is 11.5. The predicted molar refractivity (Wildman–Crippen MR) is 87.8 cm³/mol. The zero-order valence-corrected chi connectivity index (χ0v) is 12.4. The largest absolute Gasteiger partial charge is 0.333 e. The molecular formula is C17H16N4O2. The van der Waals surface area contributed by atoms with Gasteiger partial charge in [-0.25, -0.2) is 4.98 Å². The minimum absolute atomic E-state index is 0.0866. The normalized spacial score (nSPS) is 10.7. The van der Waals surface area contributed by atoms with Gasteiger partial charge in [0, 0.05) is 31.5 Å². The third-order valence-electron chi connectivity index (χ3n) is 3.71. The van der Waals surface area contributed by atoms with E-state index in [0.717, 1.165) is 16.7 Å². The highest BCUT2D eigenvalue weighted by atomic mass is 16.6. The molecule has 0 spiro atoms. The van der Waals surface area contributed by atoms with Crippen LogP contribution in [0.25, 0.3) is 11.1 Å². The van der Waals surface area contributed by atoms with Gasteiger partial charge < -0.3 is 10.3 Å². The van der Waals surface area contributed by atoms with Crippen molar-refractivity contribution in [3.05, 3.63) is 82.4 Å². The van der Waals surface area contributed by atoms with Crippen LogP contribution < -0.4 is 5.73 Å². The van der Waals surface area contributed by atoms with Gasteiger partial charge in [-0.3, -0.25) is 10.1 Å². The highest BCUT2D eigenvalue weighted by Crippen LogP contribution is 2.33. The second-order valence-electron chi connectivity index (χ2n) is 5.20. The van der Waals surface area contributed by atoms with E-state index in [1.54, 1.807) is 24.7 Å². The summed E-state index contributed by atoms with van der Waals surface area (Å²) in [5, 5.41) is 11.5. The first-order chi connectivity index (χ1) is 11.2. The van der Waals surface area contributed by atoms with Crippen molar-refractivity contribution in [1.29, 1.82) is 0 Å². The summed E-state index contributed by atoms with van der Waals surface area (Å²) in [5.41, 5.74) is 8.97. The molecule has 3 rings (SSSR count). The van der Waals surface area contributed by atoms with Gasteiger partial charge in [0.05, 0.1) is 16.8 Å². The number of nitrogens with two attached hydrogens (primary N) is 1. The summed E-state index contributed by atoms with van der Waals surface area (Å²) in [4.78, 5) is 15.1. The summed E-state index contributed by atoms with van der Waals surface area (Å²) >= 11 is 0. The average Bonchev–Trinajstić information content (AvgIpc) is 3.07. The van der Waals surface area contributed by atoms with Crippen LogP contribution in [0.15, 0.2) is 61.2 Å². The van der Waals surface area contributed by atoms with Gasteiger partial charge >= 0.3 is 0 Å². The molecule has 0 radical (unpaired) electrons. The van der Waals surface area contributed by atoms with Gasteiger partial charge in [0.2, 0.25) is 0 Å². The standard InChI is InChI=1S/C17H16N4O2/c18-10-14-3-1-2-4-15(14)16-6-5-13(9-17(16)21(22)23)11-20-8-7-19-12-20/h1-9,12H,10-11,18H2. The zero-order valence-electron chi connectivity index (χ0n) is 12.4. The first kappa shape index (κ1) is 14.9. The summed E-state index contributed by atoms with van der Waals surface area (Å²) in [6, 6.07) is 12.8. The van der Waals surface area contributed by atoms with E-state index in [9.17, 15) is 10.1 Å². The van der Waals surface area contributed by atoms with Gasteiger partial charge in [0.15, 0.2) is 0 Å². The Morgan fingerprint density at radius 1 is 1.17 bits per heavy atom. The maximum atomic E-state index is 11.5. The summed E-state index contributed by atoms with van der Waals surface area (Å²) in [6.45, 7) is 0.879. The molecule has 0 unspecified atom stereocenters. The van der Waals surface area contributed by atoms with E-state index in [4.69, 9.17) is 5.73 Å². The predicted octanol–water partition coefficient (Wildman–Crippen LogP) is 2.97. The quantitative estimate of drug-likeness (QED) is 0.580. The number of hydrogen-bond acceptors (Lipinski definition) is 4. The Labute approximate surface area is 133 Å². The summed E-state index contributed by atoms with van der Waals surface area (Å²) in [5.74, 6) is 0. The van der Waals surface area contributed by atoms with E-state index < -0.39 is 0 Å². The van der Waals surface area contributed by atoms with Crippen molar-refractivity contribution in [2.75, 3.05) is 0 Å². The molecule has 116 valence electrons. The summed E-state index contributed by atoms with van der Waals surface area (Å²) in [7, 11) is 0. The molecule has 0 aliphatic heterocycles. The summed E-state index contributed by atoms with van der Waals surface area (Å²) < 4.78 is 1.87. The number of aromatic nitrogens is 2. The number of nitro groups is 1. The van der Waals surface area contributed by atoms with Crippen molar-refractivity contribution in [3.63, 3.8) is 0 Å². The van der Waals surface area contributed by atoms with Gasteiger partial charge in [-0.15, -0.1) is 0 Å². The number of rotatable bonds is 5. The smallest absolute Gasteiger partial charge is 0.277 e. The van der Waals surface area contributed by atoms with Crippen LogP contribution in [0.2, 0.25) is 0 Å². The Morgan fingerprint density at radius 2 is 2.00 bits per heavy atom. The first-order valence-electron chi connectivity index (χ1n) is 7.20. The van der Waals surface area contributed by atoms with Crippen molar-refractivity contribution in [2.45, 2.75) is 13.1 Å². The lowest BCUT2D eigenvalue weighted by atomic mass is 9.97. The molecule has 0 bridgehead atoms. The van der Waals surface area contributed by atoms with Crippen molar-refractivity contribution in [1.82, 2.24) is 9.55 Å². The molecule has 23 heavy (non-hydrogen) atoms. The Kier molecular flexibility index (Phi) is 4.16. The fourth-order valence-electron chi connectivity index (χ4n) is 2.61. The second-order valence-corrected chi connectivity index (χ2v) is 5.20. The molecule has 0 amide bonds. The minimum Gasteiger partial charge on any atom is -0.333 e. The Balaban J connectivity index is 2.05. The third kappa shape index (κ3) is 3.12. The van der Waals surface area contributed by atoms with Crippen LogP contribution in [-0.4, -0.2) is 14.5 Å². The van der Waals surface area contributed by atoms with E-state index in [-0.39, 0.29) is 10.6 Å². The topological polar surface area (TPSA) is 87.0 Å². The van der Waals surface area contributed by atoms with Gasteiger partial charge in [0.1, 0.15) is 0 Å². The van der Waals surface area contributed by atoms with Gasteiger partial charge in [-0.1, -0.05) is 30.3 Å². The summed E-state index contributed by atoms with van der Waals surface area (Å²) in [6.07, 6.45) is 5.19. The monoisotopic (exact) mass is 308 g/mol. The fraction of sp³-hybridized carbons (Fsp3) is 0.118. The van der Waals surface area contributed by atoms with E-state index in [0.29, 0.717) is 18.7 Å². The van der Waals surface area contributed by atoms with Crippen molar-refractivity contribution < 1.29 is 4.92 Å². The Morgan fingerprint density at radius 3 is 2.70 bits per heavy atom.